The van der Waals surface area contributed by atoms with E-state index in [0.29, 0.717) is 36.1 Å². The highest BCUT2D eigenvalue weighted by molar-refractivity contribution is 5.92. The van der Waals surface area contributed by atoms with Gasteiger partial charge in [-0.1, -0.05) is 5.16 Å². The van der Waals surface area contributed by atoms with Crippen molar-refractivity contribution in [1.82, 2.24) is 24.8 Å². The van der Waals surface area contributed by atoms with Gasteiger partial charge < -0.3 is 9.42 Å². The Balaban J connectivity index is 1.50. The van der Waals surface area contributed by atoms with Gasteiger partial charge in [-0.15, -0.1) is 0 Å². The Kier molecular flexibility index (Phi) is 4.47. The van der Waals surface area contributed by atoms with Gasteiger partial charge in [-0.05, 0) is 50.1 Å². The molecule has 1 unspecified atom stereocenters. The molecule has 0 radical (unpaired) electrons. The van der Waals surface area contributed by atoms with Crippen LogP contribution in [-0.4, -0.2) is 43.8 Å². The number of nitrogens with zero attached hydrogens (tertiary/aromatic N) is 5. The summed E-state index contributed by atoms with van der Waals surface area (Å²) in [6.45, 7) is 3.11. The van der Waals surface area contributed by atoms with E-state index in [1.807, 2.05) is 14.0 Å². The predicted octanol–water partition coefficient (Wildman–Crippen LogP) is 2.94. The summed E-state index contributed by atoms with van der Waals surface area (Å²) < 4.78 is 20.2. The van der Waals surface area contributed by atoms with Crippen LogP contribution in [-0.2, 0) is 7.05 Å². The summed E-state index contributed by atoms with van der Waals surface area (Å²) in [5.74, 6) is 0.516. The van der Waals surface area contributed by atoms with Crippen LogP contribution < -0.4 is 0 Å². The Bertz CT molecular complexity index is 943. The van der Waals surface area contributed by atoms with Crippen LogP contribution in [0.3, 0.4) is 0 Å². The molecule has 7 nitrogen and oxygen atoms in total. The second kappa shape index (κ2) is 6.94. The standard InChI is InChI=1S/C19H20FN5O2/c1-12-10-16(22-24(12)2)19(26)25-9-3-4-14(11-25)18-21-17(23-27-18)13-5-7-15(20)8-6-13/h5-8,10,14H,3-4,9,11H2,1-2H3. The maximum absolute atomic E-state index is 13.1. The number of aromatic nitrogens is 4. The van der Waals surface area contributed by atoms with E-state index in [1.165, 1.54) is 12.1 Å². The summed E-state index contributed by atoms with van der Waals surface area (Å²) >= 11 is 0. The van der Waals surface area contributed by atoms with E-state index >= 15 is 0 Å². The van der Waals surface area contributed by atoms with Crippen molar-refractivity contribution < 1.29 is 13.7 Å². The molecule has 4 rings (SSSR count). The summed E-state index contributed by atoms with van der Waals surface area (Å²) in [7, 11) is 1.82. The Morgan fingerprint density at radius 2 is 2.07 bits per heavy atom. The number of amides is 1. The van der Waals surface area contributed by atoms with Gasteiger partial charge in [-0.3, -0.25) is 9.48 Å². The van der Waals surface area contributed by atoms with Crippen molar-refractivity contribution in [3.8, 4) is 11.4 Å². The molecule has 3 aromatic rings. The fourth-order valence-corrected chi connectivity index (χ4v) is 3.31. The molecule has 1 fully saturated rings. The third-order valence-electron chi connectivity index (χ3n) is 4.93. The van der Waals surface area contributed by atoms with Crippen molar-refractivity contribution in [2.24, 2.45) is 7.05 Å². The van der Waals surface area contributed by atoms with Crippen molar-refractivity contribution >= 4 is 5.91 Å². The number of carbonyl (C=O) groups is 1. The highest BCUT2D eigenvalue weighted by Gasteiger charge is 2.30. The third kappa shape index (κ3) is 3.47. The zero-order valence-electron chi connectivity index (χ0n) is 15.2. The smallest absolute Gasteiger partial charge is 0.274 e. The normalized spacial score (nSPS) is 17.3. The molecule has 8 heteroatoms. The van der Waals surface area contributed by atoms with E-state index < -0.39 is 0 Å². The van der Waals surface area contributed by atoms with Gasteiger partial charge in [0.2, 0.25) is 11.7 Å². The first-order valence-corrected chi connectivity index (χ1v) is 8.91. The molecule has 0 spiro atoms. The summed E-state index contributed by atoms with van der Waals surface area (Å²) in [6, 6.07) is 7.75. The van der Waals surface area contributed by atoms with Crippen molar-refractivity contribution in [2.75, 3.05) is 13.1 Å². The minimum atomic E-state index is -0.311. The zero-order valence-corrected chi connectivity index (χ0v) is 15.2. The molecule has 1 aliphatic heterocycles. The van der Waals surface area contributed by atoms with E-state index in [4.69, 9.17) is 4.52 Å². The molecule has 1 aliphatic rings. The number of piperidine rings is 1. The van der Waals surface area contributed by atoms with Gasteiger partial charge in [0.15, 0.2) is 5.69 Å². The first-order valence-electron chi connectivity index (χ1n) is 8.91. The molecule has 0 N–H and O–H groups in total. The molecular formula is C19H20FN5O2. The van der Waals surface area contributed by atoms with E-state index in [1.54, 1.807) is 27.8 Å². The van der Waals surface area contributed by atoms with Gasteiger partial charge in [-0.25, -0.2) is 4.39 Å². The zero-order chi connectivity index (χ0) is 19.0. The molecule has 27 heavy (non-hydrogen) atoms. The number of halogens is 1. The molecule has 1 saturated heterocycles. The minimum absolute atomic E-state index is 0.0193. The molecule has 1 aromatic carbocycles. The van der Waals surface area contributed by atoms with Gasteiger partial charge in [0.25, 0.3) is 5.91 Å². The van der Waals surface area contributed by atoms with Crippen LogP contribution in [0.25, 0.3) is 11.4 Å². The number of rotatable bonds is 3. The van der Waals surface area contributed by atoms with Gasteiger partial charge in [0, 0.05) is 31.4 Å². The Morgan fingerprint density at radius 1 is 1.30 bits per heavy atom. The van der Waals surface area contributed by atoms with Crippen LogP contribution in [0.2, 0.25) is 0 Å². The van der Waals surface area contributed by atoms with Gasteiger partial charge in [0.05, 0.1) is 5.92 Å². The first-order chi connectivity index (χ1) is 13.0. The number of hydrogen-bond donors (Lipinski definition) is 0. The SMILES string of the molecule is Cc1cc(C(=O)N2CCCC(c3nc(-c4ccc(F)cc4)no3)C2)nn1C. The van der Waals surface area contributed by atoms with E-state index in [9.17, 15) is 9.18 Å². The van der Waals surface area contributed by atoms with E-state index in [0.717, 1.165) is 18.5 Å². The molecule has 3 heterocycles. The lowest BCUT2D eigenvalue weighted by atomic mass is 9.97. The summed E-state index contributed by atoms with van der Waals surface area (Å²) in [5.41, 5.74) is 2.08. The Labute approximate surface area is 155 Å². The van der Waals surface area contributed by atoms with Crippen molar-refractivity contribution in [2.45, 2.75) is 25.7 Å². The number of hydrogen-bond acceptors (Lipinski definition) is 5. The van der Waals surface area contributed by atoms with E-state index in [-0.39, 0.29) is 17.6 Å². The van der Waals surface area contributed by atoms with Crippen LogP contribution in [0.5, 0.6) is 0 Å². The maximum Gasteiger partial charge on any atom is 0.274 e. The third-order valence-corrected chi connectivity index (χ3v) is 4.93. The van der Waals surface area contributed by atoms with Crippen LogP contribution in [0, 0.1) is 12.7 Å². The highest BCUT2D eigenvalue weighted by atomic mass is 19.1. The van der Waals surface area contributed by atoms with E-state index in [2.05, 4.69) is 15.2 Å². The lowest BCUT2D eigenvalue weighted by Gasteiger charge is -2.30. The molecule has 140 valence electrons. The number of benzene rings is 1. The van der Waals surface area contributed by atoms with Crippen LogP contribution >= 0.6 is 0 Å². The topological polar surface area (TPSA) is 77.1 Å². The number of carbonyl (C=O) groups excluding carboxylic acids is 1. The molecule has 0 bridgehead atoms. The summed E-state index contributed by atoms with van der Waals surface area (Å²) in [6.07, 6.45) is 1.73. The van der Waals surface area contributed by atoms with Gasteiger partial charge in [-0.2, -0.15) is 10.1 Å². The summed E-state index contributed by atoms with van der Waals surface area (Å²) in [4.78, 5) is 19.0. The first kappa shape index (κ1) is 17.4. The van der Waals surface area contributed by atoms with Crippen molar-refractivity contribution in [1.29, 1.82) is 0 Å². The molecule has 2 aromatic heterocycles. The average Bonchev–Trinajstić information content (AvgIpc) is 3.29. The largest absolute Gasteiger partial charge is 0.339 e. The predicted molar refractivity (Wildman–Crippen MR) is 95.5 cm³/mol. The second-order valence-electron chi connectivity index (χ2n) is 6.85. The fourth-order valence-electron chi connectivity index (χ4n) is 3.31. The van der Waals surface area contributed by atoms with Crippen LogP contribution in [0.1, 0.15) is 40.8 Å². The van der Waals surface area contributed by atoms with Crippen molar-refractivity contribution in [3.05, 3.63) is 53.4 Å². The van der Waals surface area contributed by atoms with Crippen molar-refractivity contribution in [3.63, 3.8) is 0 Å². The quantitative estimate of drug-likeness (QED) is 0.709. The van der Waals surface area contributed by atoms with Crippen LogP contribution in [0.4, 0.5) is 4.39 Å². The highest BCUT2D eigenvalue weighted by Crippen LogP contribution is 2.28. The summed E-state index contributed by atoms with van der Waals surface area (Å²) in [5, 5.41) is 8.28. The van der Waals surface area contributed by atoms with Gasteiger partial charge >= 0.3 is 0 Å². The molecular weight excluding hydrogens is 349 g/mol. The molecule has 1 atom stereocenters. The molecule has 1 amide bonds. The Hall–Kier alpha value is -3.03. The fraction of sp³-hybridized carbons (Fsp3) is 0.368. The number of likely N-dealkylation sites (tertiary alicyclic amines) is 1. The second-order valence-corrected chi connectivity index (χ2v) is 6.85. The molecule has 0 aliphatic carbocycles. The lowest BCUT2D eigenvalue weighted by Crippen LogP contribution is -2.39. The average molecular weight is 369 g/mol. The van der Waals surface area contributed by atoms with Gasteiger partial charge in [0.1, 0.15) is 5.82 Å². The lowest BCUT2D eigenvalue weighted by molar-refractivity contribution is 0.0689. The van der Waals surface area contributed by atoms with Crippen LogP contribution in [0.15, 0.2) is 34.9 Å². The minimum Gasteiger partial charge on any atom is -0.339 e. The Morgan fingerprint density at radius 3 is 2.78 bits per heavy atom. The maximum atomic E-state index is 13.1. The monoisotopic (exact) mass is 369 g/mol. The molecule has 0 saturated carbocycles. The number of aryl methyl sites for hydroxylation is 2.